The molecule has 0 saturated carbocycles. The van der Waals surface area contributed by atoms with E-state index in [-0.39, 0.29) is 12.0 Å². The lowest BCUT2D eigenvalue weighted by Crippen LogP contribution is -2.56. The average molecular weight is 569 g/mol. The van der Waals surface area contributed by atoms with E-state index in [1.54, 1.807) is 12.1 Å². The van der Waals surface area contributed by atoms with Gasteiger partial charge in [-0.3, -0.25) is 9.69 Å². The zero-order chi connectivity index (χ0) is 28.9. The van der Waals surface area contributed by atoms with Crippen molar-refractivity contribution in [1.82, 2.24) is 24.8 Å². The van der Waals surface area contributed by atoms with Crippen molar-refractivity contribution in [2.45, 2.75) is 38.3 Å². The van der Waals surface area contributed by atoms with Gasteiger partial charge in [-0.25, -0.2) is 9.97 Å². The first-order chi connectivity index (χ1) is 20.6. The monoisotopic (exact) mass is 568 g/mol. The largest absolute Gasteiger partial charge is 0.489 e. The van der Waals surface area contributed by atoms with E-state index in [1.807, 2.05) is 30.0 Å². The fourth-order valence-corrected chi connectivity index (χ4v) is 5.65. The lowest BCUT2D eigenvalue weighted by Gasteiger charge is -2.43. The molecule has 1 aromatic heterocycles. The molecule has 11 heteroatoms. The normalized spacial score (nSPS) is 18.3. The van der Waals surface area contributed by atoms with Gasteiger partial charge in [0.2, 0.25) is 11.9 Å². The number of amides is 1. The van der Waals surface area contributed by atoms with Gasteiger partial charge >= 0.3 is 0 Å². The van der Waals surface area contributed by atoms with Gasteiger partial charge in [-0.15, -0.1) is 0 Å². The highest BCUT2D eigenvalue weighted by molar-refractivity contribution is 5.75. The van der Waals surface area contributed by atoms with Crippen LogP contribution in [0.2, 0.25) is 0 Å². The third kappa shape index (κ3) is 6.30. The molecule has 3 aliphatic rings. The molecule has 1 N–H and O–H groups in total. The van der Waals surface area contributed by atoms with Gasteiger partial charge in [-0.1, -0.05) is 6.92 Å². The summed E-state index contributed by atoms with van der Waals surface area (Å²) in [4.78, 5) is 32.0. The molecule has 0 aliphatic carbocycles. The van der Waals surface area contributed by atoms with Crippen molar-refractivity contribution >= 4 is 23.2 Å². The van der Waals surface area contributed by atoms with Crippen LogP contribution in [0.1, 0.15) is 31.7 Å². The van der Waals surface area contributed by atoms with Crippen molar-refractivity contribution in [2.75, 3.05) is 62.7 Å². The lowest BCUT2D eigenvalue weighted by molar-refractivity contribution is -0.132. The van der Waals surface area contributed by atoms with Crippen molar-refractivity contribution in [2.24, 2.45) is 0 Å². The second-order valence-corrected chi connectivity index (χ2v) is 10.9. The summed E-state index contributed by atoms with van der Waals surface area (Å²) in [5.74, 6) is 1.60. The Morgan fingerprint density at radius 3 is 2.48 bits per heavy atom. The molecule has 0 bridgehead atoms. The summed E-state index contributed by atoms with van der Waals surface area (Å²) in [5.41, 5.74) is 3.21. The average Bonchev–Trinajstić information content (AvgIpc) is 3.01. The Kier molecular flexibility index (Phi) is 8.44. The standard InChI is InChI=1S/C31H36N8O3/c1-2-29(40)39-11-9-27(10-12-39)42-28-8-3-22(17-23(28)18-32)30-33-21-34-31(36-30)35-24-4-6-25(7-5-24)37-13-15-38(16-14-37)26-19-41-20-26/h3-8,17,21,26-27H,2,9-16,19-20H2,1H3,(H,33,34,35,36). The smallest absolute Gasteiger partial charge is 0.230 e. The summed E-state index contributed by atoms with van der Waals surface area (Å²) in [6.07, 6.45) is 3.44. The van der Waals surface area contributed by atoms with Crippen LogP contribution >= 0.6 is 0 Å². The summed E-state index contributed by atoms with van der Waals surface area (Å²) in [6, 6.07) is 16.6. The van der Waals surface area contributed by atoms with E-state index < -0.39 is 0 Å². The Labute approximate surface area is 246 Å². The van der Waals surface area contributed by atoms with Crippen LogP contribution in [0, 0.1) is 11.3 Å². The SMILES string of the molecule is CCC(=O)N1CCC(Oc2ccc(-c3ncnc(Nc4ccc(N5CCN(C6COC6)CC5)cc4)n3)cc2C#N)CC1. The van der Waals surface area contributed by atoms with E-state index in [4.69, 9.17) is 9.47 Å². The summed E-state index contributed by atoms with van der Waals surface area (Å²) in [6.45, 7) is 9.09. The van der Waals surface area contributed by atoms with Crippen molar-refractivity contribution in [3.63, 3.8) is 0 Å². The van der Waals surface area contributed by atoms with E-state index in [0.29, 0.717) is 54.2 Å². The fourth-order valence-electron chi connectivity index (χ4n) is 5.65. The van der Waals surface area contributed by atoms with E-state index in [0.717, 1.165) is 57.9 Å². The molecule has 11 nitrogen and oxygen atoms in total. The number of anilines is 3. The van der Waals surface area contributed by atoms with E-state index in [9.17, 15) is 10.1 Å². The third-order valence-corrected chi connectivity index (χ3v) is 8.26. The molecule has 3 aromatic rings. The molecule has 0 spiro atoms. The highest BCUT2D eigenvalue weighted by atomic mass is 16.5. The van der Waals surface area contributed by atoms with Crippen LogP contribution in [0.15, 0.2) is 48.8 Å². The molecule has 3 saturated heterocycles. The predicted molar refractivity (Wildman–Crippen MR) is 159 cm³/mol. The molecule has 2 aromatic carbocycles. The number of hydrogen-bond acceptors (Lipinski definition) is 10. The highest BCUT2D eigenvalue weighted by Gasteiger charge is 2.29. The van der Waals surface area contributed by atoms with Gasteiger partial charge in [-0.05, 0) is 42.5 Å². The summed E-state index contributed by atoms with van der Waals surface area (Å²) < 4.78 is 11.5. The number of rotatable bonds is 8. The maximum atomic E-state index is 12.0. The fraction of sp³-hybridized carbons (Fsp3) is 0.452. The Hall–Kier alpha value is -4.27. The van der Waals surface area contributed by atoms with Crippen molar-refractivity contribution in [3.8, 4) is 23.2 Å². The van der Waals surface area contributed by atoms with E-state index in [2.05, 4.69) is 48.3 Å². The van der Waals surface area contributed by atoms with Gasteiger partial charge in [0.25, 0.3) is 0 Å². The predicted octanol–water partition coefficient (Wildman–Crippen LogP) is 3.45. The second kappa shape index (κ2) is 12.7. The molecular weight excluding hydrogens is 532 g/mol. The highest BCUT2D eigenvalue weighted by Crippen LogP contribution is 2.28. The van der Waals surface area contributed by atoms with Crippen LogP contribution in [0.3, 0.4) is 0 Å². The molecule has 0 atom stereocenters. The van der Waals surface area contributed by atoms with Crippen LogP contribution in [0.4, 0.5) is 17.3 Å². The number of carbonyl (C=O) groups excluding carboxylic acids is 1. The van der Waals surface area contributed by atoms with Gasteiger partial charge in [-0.2, -0.15) is 10.2 Å². The molecular formula is C31H36N8O3. The maximum Gasteiger partial charge on any atom is 0.230 e. The number of nitrogens with one attached hydrogen (secondary N) is 1. The van der Waals surface area contributed by atoms with Crippen molar-refractivity contribution < 1.29 is 14.3 Å². The Balaban J connectivity index is 1.07. The molecule has 218 valence electrons. The number of aromatic nitrogens is 3. The first-order valence-electron chi connectivity index (χ1n) is 14.7. The quantitative estimate of drug-likeness (QED) is 0.433. The number of benzene rings is 2. The van der Waals surface area contributed by atoms with Crippen molar-refractivity contribution in [3.05, 3.63) is 54.4 Å². The molecule has 1 amide bonds. The number of nitriles is 1. The minimum Gasteiger partial charge on any atom is -0.489 e. The first-order valence-corrected chi connectivity index (χ1v) is 14.7. The van der Waals surface area contributed by atoms with Gasteiger partial charge in [0.1, 0.15) is 24.3 Å². The number of hydrogen-bond donors (Lipinski definition) is 1. The second-order valence-electron chi connectivity index (χ2n) is 10.9. The molecule has 4 heterocycles. The van der Waals surface area contributed by atoms with Gasteiger partial charge in [0.15, 0.2) is 5.82 Å². The topological polar surface area (TPSA) is 120 Å². The molecule has 0 unspecified atom stereocenters. The molecule has 6 rings (SSSR count). The summed E-state index contributed by atoms with van der Waals surface area (Å²) in [7, 11) is 0. The lowest BCUT2D eigenvalue weighted by atomic mass is 10.1. The Bertz CT molecular complexity index is 1420. The Morgan fingerprint density at radius 2 is 1.81 bits per heavy atom. The van der Waals surface area contributed by atoms with Crippen LogP contribution in [-0.4, -0.2) is 95.3 Å². The van der Waals surface area contributed by atoms with Crippen molar-refractivity contribution in [1.29, 1.82) is 5.26 Å². The first kappa shape index (κ1) is 27.9. The zero-order valence-corrected chi connectivity index (χ0v) is 23.9. The number of likely N-dealkylation sites (tertiary alicyclic amines) is 1. The van der Waals surface area contributed by atoms with Crippen LogP contribution < -0.4 is 15.0 Å². The minimum atomic E-state index is -0.0322. The van der Waals surface area contributed by atoms with Crippen LogP contribution in [0.25, 0.3) is 11.4 Å². The van der Waals surface area contributed by atoms with Gasteiger partial charge in [0.05, 0.1) is 24.8 Å². The van der Waals surface area contributed by atoms with Gasteiger partial charge in [0, 0.05) is 75.5 Å². The van der Waals surface area contributed by atoms with Gasteiger partial charge < -0.3 is 24.6 Å². The number of ether oxygens (including phenoxy) is 2. The Morgan fingerprint density at radius 1 is 1.05 bits per heavy atom. The number of piperazine rings is 1. The van der Waals surface area contributed by atoms with E-state index in [1.165, 1.54) is 12.0 Å². The summed E-state index contributed by atoms with van der Waals surface area (Å²) >= 11 is 0. The maximum absolute atomic E-state index is 12.0. The number of piperidine rings is 1. The summed E-state index contributed by atoms with van der Waals surface area (Å²) in [5, 5.41) is 13.1. The molecule has 3 fully saturated rings. The minimum absolute atomic E-state index is 0.0322. The molecule has 42 heavy (non-hydrogen) atoms. The molecule has 3 aliphatic heterocycles. The number of nitrogens with zero attached hydrogens (tertiary/aromatic N) is 7. The van der Waals surface area contributed by atoms with E-state index >= 15 is 0 Å². The zero-order valence-electron chi connectivity index (χ0n) is 23.9. The number of carbonyl (C=O) groups is 1. The van der Waals surface area contributed by atoms with Crippen LogP contribution in [0.5, 0.6) is 5.75 Å². The third-order valence-electron chi connectivity index (χ3n) is 8.26. The van der Waals surface area contributed by atoms with Crippen LogP contribution in [-0.2, 0) is 9.53 Å². The molecule has 0 radical (unpaired) electrons.